The molecule has 2 rings (SSSR count). The number of pyridine rings is 1. The summed E-state index contributed by atoms with van der Waals surface area (Å²) in [5.74, 6) is 0.00829. The van der Waals surface area contributed by atoms with Gasteiger partial charge in [-0.25, -0.2) is 0 Å². The lowest BCUT2D eigenvalue weighted by Gasteiger charge is -2.10. The summed E-state index contributed by atoms with van der Waals surface area (Å²) in [6.07, 6.45) is 0.459. The molecule has 0 unspecified atom stereocenters. The van der Waals surface area contributed by atoms with Crippen molar-refractivity contribution >= 4 is 22.5 Å². The van der Waals surface area contributed by atoms with Crippen LogP contribution in [-0.2, 0) is 4.79 Å². The van der Waals surface area contributed by atoms with E-state index in [1.165, 1.54) is 0 Å². The van der Waals surface area contributed by atoms with Crippen LogP contribution in [0.4, 0.5) is 5.69 Å². The van der Waals surface area contributed by atoms with Gasteiger partial charge in [-0.15, -0.1) is 0 Å². The minimum absolute atomic E-state index is 0.00829. The third kappa shape index (κ3) is 3.78. The van der Waals surface area contributed by atoms with Gasteiger partial charge in [-0.1, -0.05) is 32.0 Å². The summed E-state index contributed by atoms with van der Waals surface area (Å²) >= 11 is 0. The molecule has 4 nitrogen and oxygen atoms in total. The Labute approximate surface area is 119 Å². The first-order chi connectivity index (χ1) is 9.56. The van der Waals surface area contributed by atoms with Crippen molar-refractivity contribution in [2.24, 2.45) is 0 Å². The number of carbonyl (C=O) groups is 1. The van der Waals surface area contributed by atoms with Gasteiger partial charge in [0.2, 0.25) is 5.91 Å². The Balaban J connectivity index is 2.09. The summed E-state index contributed by atoms with van der Waals surface area (Å²) in [5, 5.41) is 7.21. The van der Waals surface area contributed by atoms with Gasteiger partial charge < -0.3 is 10.6 Å². The van der Waals surface area contributed by atoms with E-state index in [9.17, 15) is 4.79 Å². The summed E-state index contributed by atoms with van der Waals surface area (Å²) in [4.78, 5) is 16.5. The molecule has 1 heterocycles. The first-order valence-corrected chi connectivity index (χ1v) is 6.96. The summed E-state index contributed by atoms with van der Waals surface area (Å²) in [7, 11) is 0. The fraction of sp³-hybridized carbons (Fsp3) is 0.375. The zero-order valence-electron chi connectivity index (χ0n) is 12.2. The van der Waals surface area contributed by atoms with Gasteiger partial charge in [-0.05, 0) is 19.1 Å². The zero-order valence-corrected chi connectivity index (χ0v) is 12.2. The maximum atomic E-state index is 11.9. The van der Waals surface area contributed by atoms with Crippen LogP contribution in [0, 0.1) is 6.92 Å². The fourth-order valence-electron chi connectivity index (χ4n) is 2.03. The number of fused-ring (bicyclic) bond motifs is 1. The number of benzene rings is 1. The number of nitrogens with one attached hydrogen (secondary N) is 2. The molecule has 0 aliphatic rings. The van der Waals surface area contributed by atoms with Gasteiger partial charge >= 0.3 is 0 Å². The second-order valence-electron chi connectivity index (χ2n) is 5.24. The van der Waals surface area contributed by atoms with Gasteiger partial charge in [-0.2, -0.15) is 0 Å². The highest BCUT2D eigenvalue weighted by molar-refractivity contribution is 6.00. The zero-order chi connectivity index (χ0) is 14.5. The topological polar surface area (TPSA) is 54.0 Å². The largest absolute Gasteiger partial charge is 0.324 e. The van der Waals surface area contributed by atoms with E-state index in [0.29, 0.717) is 19.0 Å². The Hall–Kier alpha value is -1.94. The van der Waals surface area contributed by atoms with E-state index in [1.54, 1.807) is 0 Å². The number of rotatable bonds is 5. The third-order valence-corrected chi connectivity index (χ3v) is 3.04. The molecule has 0 aliphatic carbocycles. The molecule has 1 aromatic carbocycles. The van der Waals surface area contributed by atoms with Gasteiger partial charge in [0.05, 0.1) is 11.2 Å². The monoisotopic (exact) mass is 271 g/mol. The molecule has 1 amide bonds. The predicted octanol–water partition coefficient (Wildman–Crippen LogP) is 2.87. The fourth-order valence-corrected chi connectivity index (χ4v) is 2.03. The lowest BCUT2D eigenvalue weighted by atomic mass is 10.1. The number of amides is 1. The molecule has 2 N–H and O–H groups in total. The minimum Gasteiger partial charge on any atom is -0.324 e. The quantitative estimate of drug-likeness (QED) is 0.879. The number of aryl methyl sites for hydroxylation is 1. The molecule has 0 aliphatic heterocycles. The third-order valence-electron chi connectivity index (χ3n) is 3.04. The average Bonchev–Trinajstić information content (AvgIpc) is 2.39. The van der Waals surface area contributed by atoms with Crippen LogP contribution < -0.4 is 10.6 Å². The molecule has 20 heavy (non-hydrogen) atoms. The molecule has 0 fully saturated rings. The van der Waals surface area contributed by atoms with E-state index in [4.69, 9.17) is 0 Å². The first kappa shape index (κ1) is 14.5. The maximum Gasteiger partial charge on any atom is 0.225 e. The van der Waals surface area contributed by atoms with E-state index in [-0.39, 0.29) is 5.91 Å². The van der Waals surface area contributed by atoms with Crippen LogP contribution in [0.15, 0.2) is 30.3 Å². The second-order valence-corrected chi connectivity index (χ2v) is 5.24. The molecule has 1 aromatic heterocycles. The van der Waals surface area contributed by atoms with Gasteiger partial charge in [0.15, 0.2) is 0 Å². The SMILES string of the molecule is Cc1ccc2cccc(NC(=O)CCNC(C)C)c2n1. The normalized spacial score (nSPS) is 11.0. The van der Waals surface area contributed by atoms with Gasteiger partial charge in [0, 0.05) is 30.1 Å². The van der Waals surface area contributed by atoms with Crippen molar-refractivity contribution in [2.75, 3.05) is 11.9 Å². The van der Waals surface area contributed by atoms with Crippen LogP contribution in [0.2, 0.25) is 0 Å². The molecular formula is C16H21N3O. The summed E-state index contributed by atoms with van der Waals surface area (Å²) in [5.41, 5.74) is 2.57. The Morgan fingerprint density at radius 1 is 1.25 bits per heavy atom. The molecule has 0 saturated heterocycles. The standard InChI is InChI=1S/C16H21N3O/c1-11(2)17-10-9-15(20)19-14-6-4-5-13-8-7-12(3)18-16(13)14/h4-8,11,17H,9-10H2,1-3H3,(H,19,20). The van der Waals surface area contributed by atoms with E-state index >= 15 is 0 Å². The Morgan fingerprint density at radius 3 is 2.80 bits per heavy atom. The molecule has 0 radical (unpaired) electrons. The molecule has 2 aromatic rings. The van der Waals surface area contributed by atoms with Crippen molar-refractivity contribution in [3.8, 4) is 0 Å². The molecular weight excluding hydrogens is 250 g/mol. The number of nitrogens with zero attached hydrogens (tertiary/aromatic N) is 1. The van der Waals surface area contributed by atoms with E-state index in [2.05, 4.69) is 29.5 Å². The van der Waals surface area contributed by atoms with Gasteiger partial charge in [0.25, 0.3) is 0 Å². The van der Waals surface area contributed by atoms with Gasteiger partial charge in [-0.3, -0.25) is 9.78 Å². The van der Waals surface area contributed by atoms with Crippen molar-refractivity contribution in [3.05, 3.63) is 36.0 Å². The number of anilines is 1. The molecule has 0 bridgehead atoms. The number of aromatic nitrogens is 1. The van der Waals surface area contributed by atoms with Gasteiger partial charge in [0.1, 0.15) is 0 Å². The number of carbonyl (C=O) groups excluding carboxylic acids is 1. The highest BCUT2D eigenvalue weighted by Crippen LogP contribution is 2.21. The number of para-hydroxylation sites is 1. The molecule has 0 saturated carbocycles. The van der Waals surface area contributed by atoms with Crippen LogP contribution in [0.25, 0.3) is 10.9 Å². The van der Waals surface area contributed by atoms with Crippen LogP contribution in [0.1, 0.15) is 26.0 Å². The highest BCUT2D eigenvalue weighted by atomic mass is 16.1. The highest BCUT2D eigenvalue weighted by Gasteiger charge is 2.07. The lowest BCUT2D eigenvalue weighted by Crippen LogP contribution is -2.27. The van der Waals surface area contributed by atoms with Crippen LogP contribution in [0.5, 0.6) is 0 Å². The molecule has 4 heteroatoms. The van der Waals surface area contributed by atoms with Crippen LogP contribution >= 0.6 is 0 Å². The van der Waals surface area contributed by atoms with E-state index in [0.717, 1.165) is 22.3 Å². The molecule has 106 valence electrons. The van der Waals surface area contributed by atoms with Crippen molar-refractivity contribution in [2.45, 2.75) is 33.2 Å². The number of hydrogen-bond acceptors (Lipinski definition) is 3. The predicted molar refractivity (Wildman–Crippen MR) is 82.9 cm³/mol. The van der Waals surface area contributed by atoms with Crippen molar-refractivity contribution < 1.29 is 4.79 Å². The average molecular weight is 271 g/mol. The summed E-state index contributed by atoms with van der Waals surface area (Å²) in [6.45, 7) is 6.76. The number of hydrogen-bond donors (Lipinski definition) is 2. The summed E-state index contributed by atoms with van der Waals surface area (Å²) < 4.78 is 0. The van der Waals surface area contributed by atoms with E-state index < -0.39 is 0 Å². The maximum absolute atomic E-state index is 11.9. The van der Waals surface area contributed by atoms with Crippen LogP contribution in [-0.4, -0.2) is 23.5 Å². The second kappa shape index (κ2) is 6.48. The Bertz CT molecular complexity index is 608. The van der Waals surface area contributed by atoms with Crippen molar-refractivity contribution in [3.63, 3.8) is 0 Å². The Kier molecular flexibility index (Phi) is 4.69. The smallest absolute Gasteiger partial charge is 0.225 e. The molecule has 0 atom stereocenters. The van der Waals surface area contributed by atoms with Crippen molar-refractivity contribution in [1.82, 2.24) is 10.3 Å². The lowest BCUT2D eigenvalue weighted by molar-refractivity contribution is -0.116. The Morgan fingerprint density at radius 2 is 2.05 bits per heavy atom. The summed E-state index contributed by atoms with van der Waals surface area (Å²) in [6, 6.07) is 10.2. The van der Waals surface area contributed by atoms with E-state index in [1.807, 2.05) is 37.3 Å². The molecule has 0 spiro atoms. The first-order valence-electron chi connectivity index (χ1n) is 6.96. The van der Waals surface area contributed by atoms with Crippen molar-refractivity contribution in [1.29, 1.82) is 0 Å². The minimum atomic E-state index is 0.00829. The van der Waals surface area contributed by atoms with Crippen LogP contribution in [0.3, 0.4) is 0 Å².